The van der Waals surface area contributed by atoms with Gasteiger partial charge in [0.05, 0.1) is 17.4 Å². The van der Waals surface area contributed by atoms with E-state index in [2.05, 4.69) is 10.3 Å². The fourth-order valence-electron chi connectivity index (χ4n) is 3.11. The Bertz CT molecular complexity index is 900. The molecule has 1 heterocycles. The van der Waals surface area contributed by atoms with Crippen molar-refractivity contribution in [3.05, 3.63) is 62.9 Å². The molecule has 1 aliphatic carbocycles. The fourth-order valence-corrected chi connectivity index (χ4v) is 3.73. The van der Waals surface area contributed by atoms with E-state index in [9.17, 15) is 23.1 Å². The quantitative estimate of drug-likeness (QED) is 0.684. The molecule has 28 heavy (non-hydrogen) atoms. The third kappa shape index (κ3) is 3.81. The number of carbonyl (C=O) groups is 1. The summed E-state index contributed by atoms with van der Waals surface area (Å²) in [6.45, 7) is -0.363. The number of benzene rings is 1. The number of nitrogens with zero attached hydrogens (tertiary/aromatic N) is 1. The van der Waals surface area contributed by atoms with E-state index in [0.29, 0.717) is 12.1 Å². The minimum absolute atomic E-state index is 0.00424. The number of fused-ring (bicyclic) bond motifs is 1. The van der Waals surface area contributed by atoms with Crippen molar-refractivity contribution in [2.75, 3.05) is 0 Å². The summed E-state index contributed by atoms with van der Waals surface area (Å²) < 4.78 is 53.9. The van der Waals surface area contributed by atoms with E-state index >= 15 is 4.39 Å². The molecule has 4 nitrogen and oxygen atoms in total. The molecular formula is C18H14Cl2F4N2O2. The standard InChI is InChI=1S/C18H14Cl2F4N2O2/c19-12-6-9(18(22,23)24)7-13(20)10(12)8-26-16(28)17(21)4-3-14(27)15-11(17)2-1-5-25-15/h1-2,5-7,14,27H,3-4,8H2,(H,26,28)/t14-,17-/m1/s1. The molecule has 150 valence electrons. The number of pyridine rings is 1. The molecule has 1 aromatic heterocycles. The second kappa shape index (κ2) is 7.50. The number of aromatic nitrogens is 1. The van der Waals surface area contributed by atoms with Crippen molar-refractivity contribution < 1.29 is 27.5 Å². The van der Waals surface area contributed by atoms with Crippen LogP contribution in [0.3, 0.4) is 0 Å². The summed E-state index contributed by atoms with van der Waals surface area (Å²) in [5, 5.41) is 11.7. The normalized spacial score (nSPS) is 21.9. The highest BCUT2D eigenvalue weighted by atomic mass is 35.5. The number of hydrogen-bond donors (Lipinski definition) is 2. The van der Waals surface area contributed by atoms with Crippen molar-refractivity contribution in [3.8, 4) is 0 Å². The van der Waals surface area contributed by atoms with Gasteiger partial charge in [-0.3, -0.25) is 9.78 Å². The fraction of sp³-hybridized carbons (Fsp3) is 0.333. The molecule has 2 N–H and O–H groups in total. The summed E-state index contributed by atoms with van der Waals surface area (Å²) in [5.41, 5.74) is -3.39. The predicted octanol–water partition coefficient (Wildman–Crippen LogP) is 4.72. The van der Waals surface area contributed by atoms with Gasteiger partial charge in [-0.1, -0.05) is 29.3 Å². The Morgan fingerprint density at radius 1 is 1.32 bits per heavy atom. The first-order valence-corrected chi connectivity index (χ1v) is 8.95. The first kappa shape index (κ1) is 20.8. The summed E-state index contributed by atoms with van der Waals surface area (Å²) in [5.74, 6) is -1.01. The maximum Gasteiger partial charge on any atom is 0.416 e. The van der Waals surface area contributed by atoms with E-state index in [-0.39, 0.29) is 46.3 Å². The van der Waals surface area contributed by atoms with Gasteiger partial charge in [-0.2, -0.15) is 13.2 Å². The van der Waals surface area contributed by atoms with Crippen molar-refractivity contribution in [1.29, 1.82) is 0 Å². The largest absolute Gasteiger partial charge is 0.416 e. The number of halogens is 6. The van der Waals surface area contributed by atoms with Crippen molar-refractivity contribution in [2.24, 2.45) is 0 Å². The second-order valence-corrected chi connectivity index (χ2v) is 7.21. The van der Waals surface area contributed by atoms with E-state index < -0.39 is 29.4 Å². The van der Waals surface area contributed by atoms with E-state index in [1.165, 1.54) is 18.3 Å². The molecule has 0 radical (unpaired) electrons. The zero-order valence-corrected chi connectivity index (χ0v) is 15.7. The minimum Gasteiger partial charge on any atom is -0.387 e. The third-order valence-electron chi connectivity index (χ3n) is 4.60. The monoisotopic (exact) mass is 436 g/mol. The van der Waals surface area contributed by atoms with Crippen LogP contribution in [0.1, 0.15) is 41.3 Å². The van der Waals surface area contributed by atoms with Gasteiger partial charge < -0.3 is 10.4 Å². The summed E-state index contributed by atoms with van der Waals surface area (Å²) in [6, 6.07) is 4.19. The molecule has 2 aromatic rings. The lowest BCUT2D eigenvalue weighted by Gasteiger charge is -2.32. The molecular weight excluding hydrogens is 423 g/mol. The molecule has 0 saturated heterocycles. The molecule has 1 amide bonds. The molecule has 10 heteroatoms. The highest BCUT2D eigenvalue weighted by molar-refractivity contribution is 6.36. The number of carbonyl (C=O) groups excluding carboxylic acids is 1. The van der Waals surface area contributed by atoms with E-state index in [1.54, 1.807) is 0 Å². The Hall–Kier alpha value is -1.90. The smallest absolute Gasteiger partial charge is 0.387 e. The summed E-state index contributed by atoms with van der Waals surface area (Å²) >= 11 is 11.7. The first-order chi connectivity index (χ1) is 13.0. The van der Waals surface area contributed by atoms with Crippen LogP contribution in [-0.4, -0.2) is 16.0 Å². The lowest BCUT2D eigenvalue weighted by molar-refractivity contribution is -0.138. The Labute approximate surface area is 167 Å². The number of rotatable bonds is 3. The van der Waals surface area contributed by atoms with Crippen LogP contribution < -0.4 is 5.32 Å². The Morgan fingerprint density at radius 2 is 1.96 bits per heavy atom. The molecule has 0 spiro atoms. The third-order valence-corrected chi connectivity index (χ3v) is 5.27. The summed E-state index contributed by atoms with van der Waals surface area (Å²) in [7, 11) is 0. The van der Waals surface area contributed by atoms with Gasteiger partial charge in [0.2, 0.25) is 5.67 Å². The number of amides is 1. The van der Waals surface area contributed by atoms with Crippen LogP contribution >= 0.6 is 23.2 Å². The first-order valence-electron chi connectivity index (χ1n) is 8.20. The van der Waals surface area contributed by atoms with Gasteiger partial charge in [0.25, 0.3) is 5.91 Å². The number of aliphatic hydroxyl groups excluding tert-OH is 1. The average Bonchev–Trinajstić information content (AvgIpc) is 2.63. The number of aliphatic hydroxyl groups is 1. The van der Waals surface area contributed by atoms with Gasteiger partial charge in [-0.25, -0.2) is 4.39 Å². The lowest BCUT2D eigenvalue weighted by atomic mass is 9.81. The van der Waals surface area contributed by atoms with Crippen molar-refractivity contribution in [3.63, 3.8) is 0 Å². The topological polar surface area (TPSA) is 62.2 Å². The lowest BCUT2D eigenvalue weighted by Crippen LogP contribution is -2.44. The van der Waals surface area contributed by atoms with Crippen LogP contribution in [0, 0.1) is 0 Å². The highest BCUT2D eigenvalue weighted by Crippen LogP contribution is 2.42. The van der Waals surface area contributed by atoms with Crippen LogP contribution in [0.5, 0.6) is 0 Å². The van der Waals surface area contributed by atoms with E-state index in [1.807, 2.05) is 0 Å². The summed E-state index contributed by atoms with van der Waals surface area (Å²) in [6.07, 6.45) is -4.50. The average molecular weight is 437 g/mol. The zero-order chi connectivity index (χ0) is 20.7. The Morgan fingerprint density at radius 3 is 2.57 bits per heavy atom. The second-order valence-electron chi connectivity index (χ2n) is 6.39. The Balaban J connectivity index is 1.83. The van der Waals surface area contributed by atoms with Gasteiger partial charge in [0, 0.05) is 33.9 Å². The van der Waals surface area contributed by atoms with Crippen LogP contribution in [0.25, 0.3) is 0 Å². The molecule has 0 saturated carbocycles. The Kier molecular flexibility index (Phi) is 5.58. The minimum atomic E-state index is -4.63. The zero-order valence-electron chi connectivity index (χ0n) is 14.2. The molecule has 1 aliphatic rings. The highest BCUT2D eigenvalue weighted by Gasteiger charge is 2.46. The van der Waals surface area contributed by atoms with Gasteiger partial charge >= 0.3 is 6.18 Å². The number of nitrogens with one attached hydrogen (secondary N) is 1. The van der Waals surface area contributed by atoms with Crippen LogP contribution in [0.4, 0.5) is 17.6 Å². The number of hydrogen-bond acceptors (Lipinski definition) is 3. The van der Waals surface area contributed by atoms with Crippen molar-refractivity contribution >= 4 is 29.1 Å². The van der Waals surface area contributed by atoms with Crippen LogP contribution in [-0.2, 0) is 23.2 Å². The SMILES string of the molecule is O=C(NCc1c(Cl)cc(C(F)(F)F)cc1Cl)[C@@]1(F)CC[C@@H](O)c2ncccc21. The van der Waals surface area contributed by atoms with Crippen LogP contribution in [0.2, 0.25) is 10.0 Å². The summed E-state index contributed by atoms with van der Waals surface area (Å²) in [4.78, 5) is 16.5. The molecule has 3 rings (SSSR count). The molecule has 0 fully saturated rings. The molecule has 0 bridgehead atoms. The van der Waals surface area contributed by atoms with Crippen LogP contribution in [0.15, 0.2) is 30.5 Å². The maximum absolute atomic E-state index is 15.5. The van der Waals surface area contributed by atoms with Gasteiger partial charge in [-0.15, -0.1) is 0 Å². The van der Waals surface area contributed by atoms with Gasteiger partial charge in [-0.05, 0) is 31.0 Å². The molecule has 1 aromatic carbocycles. The maximum atomic E-state index is 15.5. The van der Waals surface area contributed by atoms with Crippen molar-refractivity contribution in [1.82, 2.24) is 10.3 Å². The number of alkyl halides is 4. The van der Waals surface area contributed by atoms with Gasteiger partial charge in [0.15, 0.2) is 0 Å². The van der Waals surface area contributed by atoms with E-state index in [0.717, 1.165) is 0 Å². The molecule has 2 atom stereocenters. The van der Waals surface area contributed by atoms with Gasteiger partial charge in [0.1, 0.15) is 0 Å². The molecule has 0 unspecified atom stereocenters. The molecule has 0 aliphatic heterocycles. The van der Waals surface area contributed by atoms with E-state index in [4.69, 9.17) is 23.2 Å². The predicted molar refractivity (Wildman–Crippen MR) is 94.5 cm³/mol. The van der Waals surface area contributed by atoms with Crippen molar-refractivity contribution in [2.45, 2.75) is 37.3 Å².